The van der Waals surface area contributed by atoms with Gasteiger partial charge in [-0.25, -0.2) is 9.78 Å². The molecular weight excluding hydrogens is 318 g/mol. The Balaban J connectivity index is 1.59. The Morgan fingerprint density at radius 2 is 2.04 bits per heavy atom. The summed E-state index contributed by atoms with van der Waals surface area (Å²) in [5, 5.41) is 5.63. The Labute approximate surface area is 147 Å². The average Bonchev–Trinajstić information content (AvgIpc) is 3.15. The van der Waals surface area contributed by atoms with Crippen LogP contribution in [0.1, 0.15) is 30.8 Å². The van der Waals surface area contributed by atoms with Gasteiger partial charge >= 0.3 is 6.03 Å². The molecule has 0 radical (unpaired) electrons. The molecule has 2 atom stereocenters. The minimum atomic E-state index is -0.427. The number of hydrogen-bond acceptors (Lipinski definition) is 3. The lowest BCUT2D eigenvalue weighted by Crippen LogP contribution is -2.46. The number of aryl methyl sites for hydroxylation is 1. The van der Waals surface area contributed by atoms with Crippen LogP contribution in [0, 0.1) is 6.92 Å². The van der Waals surface area contributed by atoms with Crippen LogP contribution in [0.15, 0.2) is 36.7 Å². The fourth-order valence-corrected chi connectivity index (χ4v) is 3.01. The lowest BCUT2D eigenvalue weighted by Gasteiger charge is -2.18. The highest BCUT2D eigenvalue weighted by Crippen LogP contribution is 2.17. The third-order valence-corrected chi connectivity index (χ3v) is 4.58. The van der Waals surface area contributed by atoms with Crippen LogP contribution in [-0.2, 0) is 4.79 Å². The zero-order valence-electron chi connectivity index (χ0n) is 14.7. The summed E-state index contributed by atoms with van der Waals surface area (Å²) in [5.74, 6) is 0.882. The molecule has 3 rings (SSSR count). The molecule has 132 valence electrons. The minimum absolute atomic E-state index is 0.0390. The van der Waals surface area contributed by atoms with Gasteiger partial charge in [0.05, 0.1) is 6.04 Å². The molecule has 0 aliphatic carbocycles. The molecule has 1 aliphatic rings. The number of urea groups is 1. The number of benzene rings is 1. The average molecular weight is 341 g/mol. The SMILES string of the molecule is Cc1nccn1-c1ccc([C@@H](C)NC(=O)N[C@@H]2CCN(C)C2=O)cc1. The van der Waals surface area contributed by atoms with E-state index in [9.17, 15) is 9.59 Å². The maximum Gasteiger partial charge on any atom is 0.315 e. The number of likely N-dealkylation sites (tertiary alicyclic amines) is 1. The first-order valence-corrected chi connectivity index (χ1v) is 8.38. The van der Waals surface area contributed by atoms with E-state index in [0.717, 1.165) is 17.1 Å². The van der Waals surface area contributed by atoms with Crippen LogP contribution in [0.25, 0.3) is 5.69 Å². The van der Waals surface area contributed by atoms with Crippen LogP contribution in [0.3, 0.4) is 0 Å². The van der Waals surface area contributed by atoms with Gasteiger partial charge in [0.25, 0.3) is 0 Å². The number of rotatable bonds is 4. The van der Waals surface area contributed by atoms with Crippen molar-refractivity contribution in [3.05, 3.63) is 48.0 Å². The van der Waals surface area contributed by atoms with Gasteiger partial charge in [-0.05, 0) is 38.0 Å². The molecule has 1 fully saturated rings. The van der Waals surface area contributed by atoms with Crippen molar-refractivity contribution >= 4 is 11.9 Å². The maximum atomic E-state index is 12.1. The topological polar surface area (TPSA) is 79.3 Å². The van der Waals surface area contributed by atoms with E-state index in [1.807, 2.05) is 48.9 Å². The van der Waals surface area contributed by atoms with Crippen molar-refractivity contribution in [3.63, 3.8) is 0 Å². The highest BCUT2D eigenvalue weighted by atomic mass is 16.2. The van der Waals surface area contributed by atoms with E-state index in [-0.39, 0.29) is 18.0 Å². The number of hydrogen-bond donors (Lipinski definition) is 2. The molecule has 1 aromatic carbocycles. The normalized spacial score (nSPS) is 18.3. The van der Waals surface area contributed by atoms with E-state index < -0.39 is 6.04 Å². The molecule has 1 aromatic heterocycles. The van der Waals surface area contributed by atoms with E-state index in [4.69, 9.17) is 0 Å². The van der Waals surface area contributed by atoms with Gasteiger partial charge in [0.2, 0.25) is 5.91 Å². The third kappa shape index (κ3) is 3.65. The minimum Gasteiger partial charge on any atom is -0.344 e. The zero-order valence-corrected chi connectivity index (χ0v) is 14.7. The van der Waals surface area contributed by atoms with Gasteiger partial charge in [0, 0.05) is 31.7 Å². The second-order valence-electron chi connectivity index (χ2n) is 6.38. The molecule has 7 heteroatoms. The number of imidazole rings is 1. The van der Waals surface area contributed by atoms with Gasteiger partial charge < -0.3 is 20.1 Å². The van der Waals surface area contributed by atoms with Crippen LogP contribution < -0.4 is 10.6 Å². The molecule has 1 saturated heterocycles. The summed E-state index contributed by atoms with van der Waals surface area (Å²) in [4.78, 5) is 29.8. The Kier molecular flexibility index (Phi) is 4.74. The van der Waals surface area contributed by atoms with Gasteiger partial charge in [-0.3, -0.25) is 4.79 Å². The third-order valence-electron chi connectivity index (χ3n) is 4.58. The van der Waals surface area contributed by atoms with Crippen molar-refractivity contribution in [1.82, 2.24) is 25.1 Å². The fourth-order valence-electron chi connectivity index (χ4n) is 3.01. The molecule has 0 saturated carbocycles. The molecule has 25 heavy (non-hydrogen) atoms. The largest absolute Gasteiger partial charge is 0.344 e. The Morgan fingerprint density at radius 3 is 2.60 bits per heavy atom. The number of amides is 3. The molecule has 2 aromatic rings. The molecule has 0 bridgehead atoms. The maximum absolute atomic E-state index is 12.1. The quantitative estimate of drug-likeness (QED) is 0.889. The number of carbonyl (C=O) groups is 2. The first-order valence-electron chi connectivity index (χ1n) is 8.38. The molecule has 1 aliphatic heterocycles. The van der Waals surface area contributed by atoms with Crippen LogP contribution in [0.4, 0.5) is 4.79 Å². The van der Waals surface area contributed by atoms with E-state index in [1.165, 1.54) is 0 Å². The van der Waals surface area contributed by atoms with Crippen molar-refractivity contribution in [2.45, 2.75) is 32.4 Å². The van der Waals surface area contributed by atoms with E-state index >= 15 is 0 Å². The van der Waals surface area contributed by atoms with E-state index in [0.29, 0.717) is 13.0 Å². The van der Waals surface area contributed by atoms with Crippen LogP contribution in [-0.4, -0.2) is 46.0 Å². The summed E-state index contributed by atoms with van der Waals surface area (Å²) in [5.41, 5.74) is 2.02. The molecular formula is C18H23N5O2. The second-order valence-corrected chi connectivity index (χ2v) is 6.38. The van der Waals surface area contributed by atoms with Crippen molar-refractivity contribution in [2.75, 3.05) is 13.6 Å². The summed E-state index contributed by atoms with van der Waals surface area (Å²) < 4.78 is 2.00. The lowest BCUT2D eigenvalue weighted by molar-refractivity contribution is -0.128. The summed E-state index contributed by atoms with van der Waals surface area (Å²) >= 11 is 0. The number of aromatic nitrogens is 2. The number of carbonyl (C=O) groups excluding carboxylic acids is 2. The summed E-state index contributed by atoms with van der Waals surface area (Å²) in [6.07, 6.45) is 4.32. The predicted octanol–water partition coefficient (Wildman–Crippen LogP) is 1.77. The number of nitrogens with zero attached hydrogens (tertiary/aromatic N) is 3. The second kappa shape index (κ2) is 6.96. The predicted molar refractivity (Wildman–Crippen MR) is 94.4 cm³/mol. The summed E-state index contributed by atoms with van der Waals surface area (Å²) in [6, 6.07) is 7.04. The fraction of sp³-hybridized carbons (Fsp3) is 0.389. The van der Waals surface area contributed by atoms with Crippen molar-refractivity contribution < 1.29 is 9.59 Å². The van der Waals surface area contributed by atoms with Crippen LogP contribution >= 0.6 is 0 Å². The Bertz CT molecular complexity index is 768. The number of nitrogens with one attached hydrogen (secondary N) is 2. The van der Waals surface area contributed by atoms with Gasteiger partial charge in [-0.1, -0.05) is 12.1 Å². The Hall–Kier alpha value is -2.83. The van der Waals surface area contributed by atoms with Gasteiger partial charge in [-0.15, -0.1) is 0 Å². The molecule has 2 heterocycles. The molecule has 0 spiro atoms. The highest BCUT2D eigenvalue weighted by molar-refractivity contribution is 5.88. The first kappa shape index (κ1) is 17.0. The first-order chi connectivity index (χ1) is 12.0. The van der Waals surface area contributed by atoms with Gasteiger partial charge in [-0.2, -0.15) is 0 Å². The smallest absolute Gasteiger partial charge is 0.315 e. The standard InChI is InChI=1S/C18H23N5O2/c1-12(20-18(25)21-16-8-10-22(3)17(16)24)14-4-6-15(7-5-14)23-11-9-19-13(23)2/h4-7,9,11-12,16H,8,10H2,1-3H3,(H2,20,21,25)/t12-,16-/m1/s1. The zero-order chi connectivity index (χ0) is 18.0. The molecule has 3 amide bonds. The van der Waals surface area contributed by atoms with Gasteiger partial charge in [0.15, 0.2) is 0 Å². The number of likely N-dealkylation sites (N-methyl/N-ethyl adjacent to an activating group) is 1. The monoisotopic (exact) mass is 341 g/mol. The van der Waals surface area contributed by atoms with E-state index in [1.54, 1.807) is 18.1 Å². The summed E-state index contributed by atoms with van der Waals surface area (Å²) in [7, 11) is 1.74. The van der Waals surface area contributed by atoms with Crippen molar-refractivity contribution in [1.29, 1.82) is 0 Å². The lowest BCUT2D eigenvalue weighted by atomic mass is 10.1. The molecule has 2 N–H and O–H groups in total. The van der Waals surface area contributed by atoms with E-state index in [2.05, 4.69) is 15.6 Å². The van der Waals surface area contributed by atoms with Crippen LogP contribution in [0.5, 0.6) is 0 Å². The van der Waals surface area contributed by atoms with Gasteiger partial charge in [0.1, 0.15) is 11.9 Å². The van der Waals surface area contributed by atoms with Crippen molar-refractivity contribution in [2.24, 2.45) is 0 Å². The molecule has 7 nitrogen and oxygen atoms in total. The van der Waals surface area contributed by atoms with Crippen LogP contribution in [0.2, 0.25) is 0 Å². The summed E-state index contributed by atoms with van der Waals surface area (Å²) in [6.45, 7) is 4.54. The van der Waals surface area contributed by atoms with Crippen molar-refractivity contribution in [3.8, 4) is 5.69 Å². The Morgan fingerprint density at radius 1 is 1.32 bits per heavy atom. The highest BCUT2D eigenvalue weighted by Gasteiger charge is 2.30. The molecule has 0 unspecified atom stereocenters.